The molecular formula is C14H18O2. The van der Waals surface area contributed by atoms with Crippen LogP contribution in [0, 0.1) is 12.8 Å². The van der Waals surface area contributed by atoms with E-state index in [1.54, 1.807) is 0 Å². The van der Waals surface area contributed by atoms with Crippen molar-refractivity contribution in [1.29, 1.82) is 0 Å². The molecule has 0 aromatic heterocycles. The van der Waals surface area contributed by atoms with E-state index in [9.17, 15) is 4.79 Å². The van der Waals surface area contributed by atoms with Crippen molar-refractivity contribution in [1.82, 2.24) is 0 Å². The normalized spacial score (nSPS) is 16.9. The van der Waals surface area contributed by atoms with Crippen LogP contribution < -0.4 is 0 Å². The van der Waals surface area contributed by atoms with E-state index in [0.29, 0.717) is 18.3 Å². The number of hydrogen-bond acceptors (Lipinski definition) is 2. The average Bonchev–Trinajstić information content (AvgIpc) is 3.11. The molecule has 0 aliphatic heterocycles. The van der Waals surface area contributed by atoms with E-state index in [1.807, 2.05) is 0 Å². The lowest BCUT2D eigenvalue weighted by Crippen LogP contribution is -2.10. The SMILES string of the molecule is COC(=O)CC(c1ccc(C)cc1)C1CC1. The van der Waals surface area contributed by atoms with Crippen molar-refractivity contribution in [2.75, 3.05) is 7.11 Å². The number of aryl methyl sites for hydroxylation is 1. The smallest absolute Gasteiger partial charge is 0.306 e. The molecule has 0 amide bonds. The minimum atomic E-state index is -0.0996. The Bertz CT molecular complexity index is 363. The van der Waals surface area contributed by atoms with E-state index >= 15 is 0 Å². The summed E-state index contributed by atoms with van der Waals surface area (Å²) >= 11 is 0. The quantitative estimate of drug-likeness (QED) is 0.726. The van der Waals surface area contributed by atoms with Gasteiger partial charge in [-0.3, -0.25) is 4.79 Å². The van der Waals surface area contributed by atoms with Gasteiger partial charge >= 0.3 is 5.97 Å². The van der Waals surface area contributed by atoms with Crippen molar-refractivity contribution in [3.05, 3.63) is 35.4 Å². The van der Waals surface area contributed by atoms with Crippen LogP contribution in [0.3, 0.4) is 0 Å². The van der Waals surface area contributed by atoms with Crippen molar-refractivity contribution in [2.45, 2.75) is 32.1 Å². The largest absolute Gasteiger partial charge is 0.469 e. The van der Waals surface area contributed by atoms with Crippen molar-refractivity contribution >= 4 is 5.97 Å². The van der Waals surface area contributed by atoms with E-state index in [4.69, 9.17) is 4.74 Å². The van der Waals surface area contributed by atoms with Gasteiger partial charge in [0.15, 0.2) is 0 Å². The molecule has 0 saturated heterocycles. The minimum Gasteiger partial charge on any atom is -0.469 e. The Hall–Kier alpha value is -1.31. The number of benzene rings is 1. The predicted molar refractivity (Wildman–Crippen MR) is 63.3 cm³/mol. The fraction of sp³-hybridized carbons (Fsp3) is 0.500. The third-order valence-corrected chi connectivity index (χ3v) is 3.31. The Kier molecular flexibility index (Phi) is 3.28. The molecule has 0 radical (unpaired) electrons. The molecule has 2 rings (SSSR count). The fourth-order valence-electron chi connectivity index (χ4n) is 2.13. The third-order valence-electron chi connectivity index (χ3n) is 3.31. The van der Waals surface area contributed by atoms with Gasteiger partial charge in [0, 0.05) is 0 Å². The maximum atomic E-state index is 11.4. The second-order valence-electron chi connectivity index (χ2n) is 4.63. The lowest BCUT2D eigenvalue weighted by Gasteiger charge is -2.15. The van der Waals surface area contributed by atoms with E-state index in [0.717, 1.165) is 0 Å². The highest BCUT2D eigenvalue weighted by Crippen LogP contribution is 2.44. The Morgan fingerprint density at radius 3 is 2.50 bits per heavy atom. The van der Waals surface area contributed by atoms with Gasteiger partial charge in [0.2, 0.25) is 0 Å². The summed E-state index contributed by atoms with van der Waals surface area (Å²) in [5, 5.41) is 0. The molecule has 1 saturated carbocycles. The molecule has 86 valence electrons. The zero-order chi connectivity index (χ0) is 11.5. The molecule has 0 N–H and O–H groups in total. The highest BCUT2D eigenvalue weighted by Gasteiger charge is 2.33. The molecule has 1 aromatic rings. The molecule has 1 aliphatic rings. The van der Waals surface area contributed by atoms with Gasteiger partial charge in [-0.1, -0.05) is 29.8 Å². The summed E-state index contributed by atoms with van der Waals surface area (Å²) in [5.41, 5.74) is 2.54. The second-order valence-corrected chi connectivity index (χ2v) is 4.63. The van der Waals surface area contributed by atoms with Gasteiger partial charge in [-0.05, 0) is 37.2 Å². The Balaban J connectivity index is 2.12. The van der Waals surface area contributed by atoms with Crippen LogP contribution in [0.1, 0.15) is 36.3 Å². The summed E-state index contributed by atoms with van der Waals surface area (Å²) in [6, 6.07) is 8.51. The first-order valence-electron chi connectivity index (χ1n) is 5.84. The van der Waals surface area contributed by atoms with Crippen LogP contribution in [0.2, 0.25) is 0 Å². The Morgan fingerprint density at radius 1 is 1.38 bits per heavy atom. The molecule has 16 heavy (non-hydrogen) atoms. The molecule has 1 atom stereocenters. The van der Waals surface area contributed by atoms with Gasteiger partial charge in [0.1, 0.15) is 0 Å². The fourth-order valence-corrected chi connectivity index (χ4v) is 2.13. The van der Waals surface area contributed by atoms with Gasteiger partial charge in [-0.25, -0.2) is 0 Å². The Morgan fingerprint density at radius 2 is 2.00 bits per heavy atom. The highest BCUT2D eigenvalue weighted by atomic mass is 16.5. The number of carbonyl (C=O) groups is 1. The first-order chi connectivity index (χ1) is 7.70. The van der Waals surface area contributed by atoms with E-state index < -0.39 is 0 Å². The number of esters is 1. The number of methoxy groups -OCH3 is 1. The lowest BCUT2D eigenvalue weighted by atomic mass is 9.90. The number of rotatable bonds is 4. The first kappa shape index (κ1) is 11.2. The zero-order valence-corrected chi connectivity index (χ0v) is 9.90. The van der Waals surface area contributed by atoms with Gasteiger partial charge in [0.05, 0.1) is 13.5 Å². The van der Waals surface area contributed by atoms with Crippen molar-refractivity contribution in [2.24, 2.45) is 5.92 Å². The Labute approximate surface area is 96.6 Å². The maximum absolute atomic E-state index is 11.4. The summed E-state index contributed by atoms with van der Waals surface area (Å²) in [5.74, 6) is 0.937. The molecule has 2 heteroatoms. The predicted octanol–water partition coefficient (Wildman–Crippen LogP) is 3.05. The number of hydrogen-bond donors (Lipinski definition) is 0. The molecule has 0 heterocycles. The van der Waals surface area contributed by atoms with Crippen LogP contribution in [-0.2, 0) is 9.53 Å². The van der Waals surface area contributed by atoms with Gasteiger partial charge in [-0.15, -0.1) is 0 Å². The number of ether oxygens (including phenoxy) is 1. The monoisotopic (exact) mass is 218 g/mol. The molecule has 1 fully saturated rings. The van der Waals surface area contributed by atoms with Crippen LogP contribution in [0.15, 0.2) is 24.3 Å². The summed E-state index contributed by atoms with van der Waals surface area (Å²) in [4.78, 5) is 11.4. The molecule has 1 unspecified atom stereocenters. The first-order valence-corrected chi connectivity index (χ1v) is 5.84. The van der Waals surface area contributed by atoms with Gasteiger partial charge < -0.3 is 4.74 Å². The van der Waals surface area contributed by atoms with Crippen LogP contribution in [0.4, 0.5) is 0 Å². The standard InChI is InChI=1S/C14H18O2/c1-10-3-5-11(6-4-10)13(12-7-8-12)9-14(15)16-2/h3-6,12-13H,7-9H2,1-2H3. The second kappa shape index (κ2) is 4.69. The minimum absolute atomic E-state index is 0.0996. The molecule has 0 bridgehead atoms. The van der Waals surface area contributed by atoms with Crippen LogP contribution in [0.5, 0.6) is 0 Å². The van der Waals surface area contributed by atoms with Gasteiger partial charge in [0.25, 0.3) is 0 Å². The van der Waals surface area contributed by atoms with E-state index in [1.165, 1.54) is 31.1 Å². The molecule has 2 nitrogen and oxygen atoms in total. The van der Waals surface area contributed by atoms with Crippen LogP contribution >= 0.6 is 0 Å². The van der Waals surface area contributed by atoms with Crippen LogP contribution in [-0.4, -0.2) is 13.1 Å². The summed E-state index contributed by atoms with van der Waals surface area (Å²) < 4.78 is 4.76. The molecule has 1 aromatic carbocycles. The van der Waals surface area contributed by atoms with Crippen molar-refractivity contribution in [3.8, 4) is 0 Å². The summed E-state index contributed by atoms with van der Waals surface area (Å²) in [6.07, 6.45) is 3.01. The van der Waals surface area contributed by atoms with Crippen molar-refractivity contribution in [3.63, 3.8) is 0 Å². The van der Waals surface area contributed by atoms with E-state index in [-0.39, 0.29) is 5.97 Å². The van der Waals surface area contributed by atoms with Crippen molar-refractivity contribution < 1.29 is 9.53 Å². The average molecular weight is 218 g/mol. The van der Waals surface area contributed by atoms with E-state index in [2.05, 4.69) is 31.2 Å². The topological polar surface area (TPSA) is 26.3 Å². The summed E-state index contributed by atoms with van der Waals surface area (Å²) in [7, 11) is 1.46. The number of carbonyl (C=O) groups excluding carboxylic acids is 1. The molecule has 0 spiro atoms. The zero-order valence-electron chi connectivity index (χ0n) is 9.90. The molecular weight excluding hydrogens is 200 g/mol. The highest BCUT2D eigenvalue weighted by molar-refractivity contribution is 5.70. The van der Waals surface area contributed by atoms with Gasteiger partial charge in [-0.2, -0.15) is 0 Å². The lowest BCUT2D eigenvalue weighted by molar-refractivity contribution is -0.141. The third kappa shape index (κ3) is 2.63. The molecule has 1 aliphatic carbocycles. The maximum Gasteiger partial charge on any atom is 0.306 e. The summed E-state index contributed by atoms with van der Waals surface area (Å²) in [6.45, 7) is 2.08. The van der Waals surface area contributed by atoms with Crippen LogP contribution in [0.25, 0.3) is 0 Å².